The summed E-state index contributed by atoms with van der Waals surface area (Å²) >= 11 is 0. The van der Waals surface area contributed by atoms with Gasteiger partial charge in [0, 0.05) is 40.0 Å². The molecule has 0 fully saturated rings. The van der Waals surface area contributed by atoms with Gasteiger partial charge in [0.25, 0.3) is 0 Å². The van der Waals surface area contributed by atoms with Crippen LogP contribution in [0.5, 0.6) is 5.75 Å². The largest absolute Gasteiger partial charge is 0.482 e. The van der Waals surface area contributed by atoms with Gasteiger partial charge in [-0.25, -0.2) is 4.79 Å². The number of rotatable bonds is 3. The monoisotopic (exact) mass is 437 g/mol. The number of hydrogen-bond acceptors (Lipinski definition) is 5. The average Bonchev–Trinajstić information content (AvgIpc) is 2.44. The first-order valence-corrected chi connectivity index (χ1v) is 8.92. The van der Waals surface area contributed by atoms with E-state index in [1.165, 1.54) is 5.92 Å². The molecule has 1 aromatic carbocycles. The number of carbonyl (C=O) groups is 1. The molecule has 4 N–H and O–H groups in total. The van der Waals surface area contributed by atoms with E-state index >= 15 is 0 Å². The van der Waals surface area contributed by atoms with Crippen molar-refractivity contribution < 1.29 is 51.7 Å². The van der Waals surface area contributed by atoms with E-state index in [-0.39, 0.29) is 46.6 Å². The van der Waals surface area contributed by atoms with Crippen LogP contribution >= 0.6 is 0 Å². The Hall–Kier alpha value is -0.916. The summed E-state index contributed by atoms with van der Waals surface area (Å²) < 4.78 is 4.87. The number of aliphatic hydroxyl groups excluding tert-OH is 3. The molecule has 0 saturated carbocycles. The van der Waals surface area contributed by atoms with Gasteiger partial charge in [-0.3, -0.25) is 0 Å². The fourth-order valence-electron chi connectivity index (χ4n) is 0.662. The number of carboxylic acid groups (broad SMARTS) is 1. The Labute approximate surface area is 186 Å². The maximum absolute atomic E-state index is 10.0. The maximum atomic E-state index is 10.0. The third-order valence-corrected chi connectivity index (χ3v) is 1.11. The quantitative estimate of drug-likeness (QED) is 0.422. The van der Waals surface area contributed by atoms with Crippen molar-refractivity contribution >= 4 is 5.97 Å². The number of ether oxygens (including phenoxy) is 1. The summed E-state index contributed by atoms with van der Waals surface area (Å²) in [6.07, 6.45) is -0.500. The second kappa shape index (κ2) is 28.3. The van der Waals surface area contributed by atoms with Crippen molar-refractivity contribution in [2.45, 2.75) is 80.6 Å². The van der Waals surface area contributed by atoms with Crippen molar-refractivity contribution in [1.82, 2.24) is 0 Å². The number of para-hydroxylation sites is 1. The van der Waals surface area contributed by atoms with Gasteiger partial charge in [-0.1, -0.05) is 18.2 Å². The van der Waals surface area contributed by atoms with Crippen LogP contribution in [0.2, 0.25) is 0 Å². The van der Waals surface area contributed by atoms with Crippen LogP contribution in [-0.4, -0.2) is 51.3 Å². The van der Waals surface area contributed by atoms with Crippen molar-refractivity contribution in [1.29, 1.82) is 0 Å². The maximum Gasteiger partial charge on any atom is 0.341 e. The third kappa shape index (κ3) is 99.6. The summed E-state index contributed by atoms with van der Waals surface area (Å²) in [5.74, 6) is 1.03. The summed E-state index contributed by atoms with van der Waals surface area (Å²) in [4.78, 5) is 10.0. The summed E-state index contributed by atoms with van der Waals surface area (Å²) in [6.45, 7) is 16.3. The van der Waals surface area contributed by atoms with Crippen LogP contribution in [0.1, 0.15) is 62.3 Å². The van der Waals surface area contributed by atoms with E-state index in [0.717, 1.165) is 0 Å². The molecule has 1 aromatic rings. The third-order valence-electron chi connectivity index (χ3n) is 1.11. The van der Waals surface area contributed by atoms with Crippen LogP contribution in [0.15, 0.2) is 30.3 Å². The molecule has 166 valence electrons. The second-order valence-corrected chi connectivity index (χ2v) is 6.78. The molecule has 0 saturated heterocycles. The van der Waals surface area contributed by atoms with Gasteiger partial charge in [-0.15, -0.1) is 0 Å². The van der Waals surface area contributed by atoms with E-state index in [9.17, 15) is 4.79 Å². The first-order chi connectivity index (χ1) is 12.2. The standard InChI is InChI=1S/C8H8O3.C4H9.3C3H8O.Ti/c9-8(10)6-11-7-4-2-1-3-5-7;1-4(2)3;3*1-3(2)4;/h1-5H,6H2,(H,9,10);1-3H3;3*3-4H,1-2H3;/q;-1;;;;. The number of benzene rings is 1. The van der Waals surface area contributed by atoms with Gasteiger partial charge in [-0.2, -0.15) is 20.8 Å². The molecule has 0 spiro atoms. The van der Waals surface area contributed by atoms with Crippen molar-refractivity contribution in [3.63, 3.8) is 0 Å². The molecular formula is C21H41O6Ti-. The second-order valence-electron chi connectivity index (χ2n) is 6.78. The van der Waals surface area contributed by atoms with Gasteiger partial charge in [0.05, 0.1) is 0 Å². The molecule has 0 aliphatic carbocycles. The molecule has 1 rings (SSSR count). The molecule has 0 unspecified atom stereocenters. The Kier molecular flexibility index (Phi) is 38.2. The Bertz CT molecular complexity index is 360. The normalized spacial score (nSPS) is 8.71. The van der Waals surface area contributed by atoms with Gasteiger partial charge in [0.15, 0.2) is 6.61 Å². The Balaban J connectivity index is -0.0000000879. The summed E-state index contributed by atoms with van der Waals surface area (Å²) in [6, 6.07) is 8.84. The van der Waals surface area contributed by atoms with E-state index in [1.54, 1.807) is 65.8 Å². The Morgan fingerprint density at radius 1 is 0.857 bits per heavy atom. The van der Waals surface area contributed by atoms with E-state index in [4.69, 9.17) is 25.2 Å². The fraction of sp³-hybridized carbons (Fsp3) is 0.619. The summed E-state index contributed by atoms with van der Waals surface area (Å²) in [5, 5.41) is 32.4. The first-order valence-electron chi connectivity index (χ1n) is 8.92. The molecule has 28 heavy (non-hydrogen) atoms. The van der Waals surface area contributed by atoms with Crippen LogP contribution in [0, 0.1) is 5.92 Å². The zero-order chi connectivity index (χ0) is 22.4. The number of carboxylic acids is 1. The molecule has 0 radical (unpaired) electrons. The minimum atomic E-state index is -0.964. The van der Waals surface area contributed by atoms with Crippen LogP contribution < -0.4 is 4.74 Å². The molecular weight excluding hydrogens is 396 g/mol. The average molecular weight is 437 g/mol. The Morgan fingerprint density at radius 2 is 1.11 bits per heavy atom. The molecule has 0 aliphatic rings. The molecule has 0 atom stereocenters. The number of aliphatic hydroxyl groups is 3. The van der Waals surface area contributed by atoms with Crippen LogP contribution in [0.3, 0.4) is 0 Å². The molecule has 0 aliphatic heterocycles. The fourth-order valence-corrected chi connectivity index (χ4v) is 0.662. The molecule has 7 heteroatoms. The van der Waals surface area contributed by atoms with E-state index < -0.39 is 5.97 Å². The van der Waals surface area contributed by atoms with Gasteiger partial charge in [-0.05, 0) is 53.7 Å². The predicted octanol–water partition coefficient (Wildman–Crippen LogP) is 3.93. The zero-order valence-electron chi connectivity index (χ0n) is 18.9. The van der Waals surface area contributed by atoms with Gasteiger partial charge in [0.2, 0.25) is 0 Å². The number of aliphatic carboxylic acids is 1. The van der Waals surface area contributed by atoms with Crippen LogP contribution in [0.25, 0.3) is 0 Å². The van der Waals surface area contributed by atoms with E-state index in [2.05, 4.69) is 20.8 Å². The minimum Gasteiger partial charge on any atom is -0.482 e. The Morgan fingerprint density at radius 3 is 1.32 bits per heavy atom. The van der Waals surface area contributed by atoms with Gasteiger partial charge in [0.1, 0.15) is 5.75 Å². The molecule has 0 bridgehead atoms. The smallest absolute Gasteiger partial charge is 0.341 e. The SMILES string of the molecule is CC(C)O.CC(C)O.CC(C)O.C[C-](C)C.O=C(O)COc1ccccc1.[Ti]. The first kappa shape index (κ1) is 37.8. The minimum absolute atomic E-state index is 0. The van der Waals surface area contributed by atoms with Crippen molar-refractivity contribution in [2.75, 3.05) is 6.61 Å². The summed E-state index contributed by atoms with van der Waals surface area (Å²) in [7, 11) is 0. The molecule has 0 amide bonds. The van der Waals surface area contributed by atoms with Crippen molar-refractivity contribution in [2.24, 2.45) is 0 Å². The molecule has 0 aromatic heterocycles. The zero-order valence-corrected chi connectivity index (χ0v) is 20.5. The van der Waals surface area contributed by atoms with Gasteiger partial charge < -0.3 is 31.1 Å². The van der Waals surface area contributed by atoms with Crippen LogP contribution in [0.4, 0.5) is 0 Å². The molecule has 0 heterocycles. The van der Waals surface area contributed by atoms with Gasteiger partial charge >= 0.3 is 5.97 Å². The van der Waals surface area contributed by atoms with Crippen molar-refractivity contribution in [3.8, 4) is 5.75 Å². The molecule has 6 nitrogen and oxygen atoms in total. The predicted molar refractivity (Wildman–Crippen MR) is 112 cm³/mol. The van der Waals surface area contributed by atoms with E-state index in [0.29, 0.717) is 5.75 Å². The topological polar surface area (TPSA) is 107 Å². The van der Waals surface area contributed by atoms with E-state index in [1.807, 2.05) is 6.07 Å². The summed E-state index contributed by atoms with van der Waals surface area (Å²) in [5.41, 5.74) is 0. The van der Waals surface area contributed by atoms with Crippen LogP contribution in [-0.2, 0) is 26.5 Å². The number of hydrogen-bond donors (Lipinski definition) is 4. The van der Waals surface area contributed by atoms with Crippen molar-refractivity contribution in [3.05, 3.63) is 36.2 Å².